The van der Waals surface area contributed by atoms with Crippen molar-refractivity contribution in [3.05, 3.63) is 34.9 Å². The quantitative estimate of drug-likeness (QED) is 0.849. The second kappa shape index (κ2) is 6.21. The van der Waals surface area contributed by atoms with Crippen LogP contribution < -0.4 is 0 Å². The van der Waals surface area contributed by atoms with E-state index < -0.39 is 0 Å². The highest BCUT2D eigenvalue weighted by Gasteiger charge is 2.25. The molecule has 3 heteroatoms. The number of carbonyl (C=O) groups is 2. The van der Waals surface area contributed by atoms with Gasteiger partial charge in [-0.2, -0.15) is 0 Å². The molecule has 0 heterocycles. The van der Waals surface area contributed by atoms with Crippen LogP contribution in [-0.4, -0.2) is 29.7 Å². The lowest BCUT2D eigenvalue weighted by atomic mass is 9.93. The molecule has 0 N–H and O–H groups in total. The number of hydrogen-bond acceptors (Lipinski definition) is 2. The molecule has 0 aromatic heterocycles. The molecular formula is C17H23NO2. The summed E-state index contributed by atoms with van der Waals surface area (Å²) in [4.78, 5) is 25.5. The monoisotopic (exact) mass is 273 g/mol. The molecule has 0 bridgehead atoms. The van der Waals surface area contributed by atoms with Crippen molar-refractivity contribution in [1.82, 2.24) is 4.90 Å². The van der Waals surface area contributed by atoms with E-state index in [2.05, 4.69) is 18.2 Å². The standard InChI is InChI=1S/C17H23NO2/c1-12-4-5-13(2)14(10-12)11-17(20)18(3)15-6-8-16(19)9-7-15/h4-5,10,15H,6-9,11H2,1-3H3. The molecule has 20 heavy (non-hydrogen) atoms. The third kappa shape index (κ3) is 3.47. The van der Waals surface area contributed by atoms with Crippen molar-refractivity contribution in [2.45, 2.75) is 52.0 Å². The summed E-state index contributed by atoms with van der Waals surface area (Å²) >= 11 is 0. The predicted molar refractivity (Wildman–Crippen MR) is 79.7 cm³/mol. The average Bonchev–Trinajstić information content (AvgIpc) is 2.43. The van der Waals surface area contributed by atoms with Crippen LogP contribution >= 0.6 is 0 Å². The molecule has 1 saturated carbocycles. The van der Waals surface area contributed by atoms with Gasteiger partial charge < -0.3 is 4.90 Å². The first kappa shape index (κ1) is 14.8. The maximum atomic E-state index is 12.4. The summed E-state index contributed by atoms with van der Waals surface area (Å²) in [6.45, 7) is 4.09. The summed E-state index contributed by atoms with van der Waals surface area (Å²) in [6.07, 6.45) is 3.31. The normalized spacial score (nSPS) is 16.2. The summed E-state index contributed by atoms with van der Waals surface area (Å²) in [5.74, 6) is 0.481. The van der Waals surface area contributed by atoms with E-state index in [1.807, 2.05) is 25.8 Å². The van der Waals surface area contributed by atoms with Gasteiger partial charge in [0, 0.05) is 25.9 Å². The largest absolute Gasteiger partial charge is 0.342 e. The van der Waals surface area contributed by atoms with Gasteiger partial charge in [0.15, 0.2) is 0 Å². The van der Waals surface area contributed by atoms with Gasteiger partial charge in [-0.1, -0.05) is 23.8 Å². The van der Waals surface area contributed by atoms with Gasteiger partial charge in [0.25, 0.3) is 0 Å². The number of likely N-dealkylation sites (N-methyl/N-ethyl adjacent to an activating group) is 1. The first-order valence-electron chi connectivity index (χ1n) is 7.31. The fourth-order valence-electron chi connectivity index (χ4n) is 2.79. The molecule has 1 fully saturated rings. The summed E-state index contributed by atoms with van der Waals surface area (Å²) in [5, 5.41) is 0. The fraction of sp³-hybridized carbons (Fsp3) is 0.529. The number of ketones is 1. The van der Waals surface area contributed by atoms with Gasteiger partial charge in [-0.05, 0) is 37.8 Å². The Labute approximate surface area is 121 Å². The van der Waals surface area contributed by atoms with Crippen LogP contribution in [0.5, 0.6) is 0 Å². The van der Waals surface area contributed by atoms with Gasteiger partial charge >= 0.3 is 0 Å². The van der Waals surface area contributed by atoms with Crippen LogP contribution in [0.2, 0.25) is 0 Å². The molecule has 0 spiro atoms. The van der Waals surface area contributed by atoms with Gasteiger partial charge in [0.05, 0.1) is 6.42 Å². The number of aryl methyl sites for hydroxylation is 2. The second-order valence-electron chi connectivity index (χ2n) is 5.88. The molecule has 0 radical (unpaired) electrons. The Balaban J connectivity index is 2.00. The van der Waals surface area contributed by atoms with Crippen molar-refractivity contribution in [3.63, 3.8) is 0 Å². The fourth-order valence-corrected chi connectivity index (χ4v) is 2.79. The van der Waals surface area contributed by atoms with Crippen molar-refractivity contribution >= 4 is 11.7 Å². The van der Waals surface area contributed by atoms with Crippen LogP contribution in [0.3, 0.4) is 0 Å². The molecule has 0 aliphatic heterocycles. The van der Waals surface area contributed by atoms with Crippen molar-refractivity contribution in [3.8, 4) is 0 Å². The summed E-state index contributed by atoms with van der Waals surface area (Å²) < 4.78 is 0. The minimum absolute atomic E-state index is 0.151. The summed E-state index contributed by atoms with van der Waals surface area (Å²) in [7, 11) is 1.87. The highest BCUT2D eigenvalue weighted by atomic mass is 16.2. The molecule has 1 amide bonds. The Morgan fingerprint density at radius 1 is 1.25 bits per heavy atom. The molecule has 108 valence electrons. The average molecular weight is 273 g/mol. The minimum atomic E-state index is 0.151. The Kier molecular flexibility index (Phi) is 4.58. The zero-order valence-corrected chi connectivity index (χ0v) is 12.6. The maximum Gasteiger partial charge on any atom is 0.226 e. The van der Waals surface area contributed by atoms with Crippen LogP contribution in [0.25, 0.3) is 0 Å². The number of rotatable bonds is 3. The predicted octanol–water partition coefficient (Wildman–Crippen LogP) is 2.82. The molecule has 0 saturated heterocycles. The Morgan fingerprint density at radius 3 is 2.55 bits per heavy atom. The smallest absolute Gasteiger partial charge is 0.226 e. The van der Waals surface area contributed by atoms with Crippen LogP contribution in [0.1, 0.15) is 42.4 Å². The zero-order valence-electron chi connectivity index (χ0n) is 12.6. The van der Waals surface area contributed by atoms with Crippen LogP contribution in [-0.2, 0) is 16.0 Å². The van der Waals surface area contributed by atoms with E-state index in [1.165, 1.54) is 5.56 Å². The van der Waals surface area contributed by atoms with E-state index in [1.54, 1.807) is 0 Å². The van der Waals surface area contributed by atoms with E-state index >= 15 is 0 Å². The SMILES string of the molecule is Cc1ccc(C)c(CC(=O)N(C)C2CCC(=O)CC2)c1. The molecule has 1 aromatic carbocycles. The number of hydrogen-bond donors (Lipinski definition) is 0. The molecular weight excluding hydrogens is 250 g/mol. The second-order valence-corrected chi connectivity index (χ2v) is 5.88. The summed E-state index contributed by atoms with van der Waals surface area (Å²) in [5.41, 5.74) is 3.45. The van der Waals surface area contributed by atoms with E-state index in [4.69, 9.17) is 0 Å². The van der Waals surface area contributed by atoms with Gasteiger partial charge in [0.1, 0.15) is 5.78 Å². The molecule has 0 atom stereocenters. The zero-order chi connectivity index (χ0) is 14.7. The van der Waals surface area contributed by atoms with E-state index in [-0.39, 0.29) is 11.9 Å². The van der Waals surface area contributed by atoms with Gasteiger partial charge in [-0.3, -0.25) is 9.59 Å². The number of carbonyl (C=O) groups excluding carboxylic acids is 2. The van der Waals surface area contributed by atoms with E-state index in [0.717, 1.165) is 24.0 Å². The van der Waals surface area contributed by atoms with Gasteiger partial charge in [0.2, 0.25) is 5.91 Å². The Morgan fingerprint density at radius 2 is 1.90 bits per heavy atom. The van der Waals surface area contributed by atoms with Gasteiger partial charge in [-0.25, -0.2) is 0 Å². The lowest BCUT2D eigenvalue weighted by Gasteiger charge is -2.31. The molecule has 1 aliphatic rings. The molecule has 3 nitrogen and oxygen atoms in total. The van der Waals surface area contributed by atoms with Gasteiger partial charge in [-0.15, -0.1) is 0 Å². The molecule has 1 aromatic rings. The third-order valence-corrected chi connectivity index (χ3v) is 4.30. The van der Waals surface area contributed by atoms with Crippen molar-refractivity contribution in [2.75, 3.05) is 7.05 Å². The minimum Gasteiger partial charge on any atom is -0.342 e. The van der Waals surface area contributed by atoms with Crippen LogP contribution in [0.15, 0.2) is 18.2 Å². The Bertz CT molecular complexity index is 512. The highest BCUT2D eigenvalue weighted by molar-refractivity contribution is 5.81. The first-order chi connectivity index (χ1) is 9.47. The Hall–Kier alpha value is -1.64. The molecule has 0 unspecified atom stereocenters. The van der Waals surface area contributed by atoms with Crippen LogP contribution in [0.4, 0.5) is 0 Å². The third-order valence-electron chi connectivity index (χ3n) is 4.30. The topological polar surface area (TPSA) is 37.4 Å². The highest BCUT2D eigenvalue weighted by Crippen LogP contribution is 2.21. The van der Waals surface area contributed by atoms with E-state index in [0.29, 0.717) is 25.0 Å². The number of benzene rings is 1. The lowest BCUT2D eigenvalue weighted by Crippen LogP contribution is -2.40. The molecule has 2 rings (SSSR count). The first-order valence-corrected chi connectivity index (χ1v) is 7.31. The number of nitrogens with zero attached hydrogens (tertiary/aromatic N) is 1. The summed E-state index contributed by atoms with van der Waals surface area (Å²) in [6, 6.07) is 6.45. The van der Waals surface area contributed by atoms with Crippen LogP contribution in [0, 0.1) is 13.8 Å². The molecule has 1 aliphatic carbocycles. The number of amides is 1. The van der Waals surface area contributed by atoms with Crippen molar-refractivity contribution in [1.29, 1.82) is 0 Å². The van der Waals surface area contributed by atoms with Crippen molar-refractivity contribution < 1.29 is 9.59 Å². The van der Waals surface area contributed by atoms with Crippen molar-refractivity contribution in [2.24, 2.45) is 0 Å². The lowest BCUT2D eigenvalue weighted by molar-refractivity contribution is -0.133. The number of Topliss-reactive ketones (excluding diaryl/α,β-unsaturated/α-hetero) is 1. The maximum absolute atomic E-state index is 12.4. The van der Waals surface area contributed by atoms with E-state index in [9.17, 15) is 9.59 Å².